The van der Waals surface area contributed by atoms with Gasteiger partial charge in [-0.05, 0) is 62.3 Å². The minimum atomic E-state index is -0.392. The Labute approximate surface area is 171 Å². The van der Waals surface area contributed by atoms with Crippen molar-refractivity contribution < 1.29 is 14.0 Å². The number of piperidine rings is 1. The molecule has 0 bridgehead atoms. The third-order valence-electron chi connectivity index (χ3n) is 5.74. The maximum absolute atomic E-state index is 13.2. The van der Waals surface area contributed by atoms with Crippen LogP contribution in [0.3, 0.4) is 0 Å². The molecule has 1 aromatic rings. The van der Waals surface area contributed by atoms with E-state index in [0.717, 1.165) is 38.6 Å². The van der Waals surface area contributed by atoms with E-state index in [1.54, 1.807) is 12.1 Å². The minimum absolute atomic E-state index is 0. The first kappa shape index (κ1) is 22.4. The SMILES string of the molecule is Cl.NC[C@H]1CCC[C@H]1C(=O)N1CCCC(CNC(=O)Nc2cccc(F)c2)C1. The Morgan fingerprint density at radius 1 is 1.21 bits per heavy atom. The molecular weight excluding hydrogens is 383 g/mol. The van der Waals surface area contributed by atoms with Crippen LogP contribution in [0.2, 0.25) is 0 Å². The average Bonchev–Trinajstić information content (AvgIpc) is 3.15. The summed E-state index contributed by atoms with van der Waals surface area (Å²) in [4.78, 5) is 26.9. The molecule has 1 aromatic carbocycles. The molecule has 1 heterocycles. The first-order chi connectivity index (χ1) is 13.1. The number of hydrogen-bond acceptors (Lipinski definition) is 3. The molecule has 0 radical (unpaired) electrons. The van der Waals surface area contributed by atoms with Crippen LogP contribution < -0.4 is 16.4 Å². The molecule has 1 aliphatic heterocycles. The highest BCUT2D eigenvalue weighted by molar-refractivity contribution is 5.89. The Balaban J connectivity index is 0.00000280. The van der Waals surface area contributed by atoms with E-state index in [1.165, 1.54) is 12.1 Å². The lowest BCUT2D eigenvalue weighted by Crippen LogP contribution is -2.47. The van der Waals surface area contributed by atoms with E-state index in [-0.39, 0.29) is 36.2 Å². The molecule has 1 saturated carbocycles. The normalized spacial score (nSPS) is 24.4. The van der Waals surface area contributed by atoms with Crippen LogP contribution in [0, 0.1) is 23.6 Å². The summed E-state index contributed by atoms with van der Waals surface area (Å²) in [7, 11) is 0. The fourth-order valence-corrected chi connectivity index (χ4v) is 4.29. The number of benzene rings is 1. The molecule has 3 atom stereocenters. The van der Waals surface area contributed by atoms with E-state index in [2.05, 4.69) is 10.6 Å². The molecule has 2 aliphatic rings. The van der Waals surface area contributed by atoms with Gasteiger partial charge in [-0.2, -0.15) is 0 Å². The van der Waals surface area contributed by atoms with E-state index in [1.807, 2.05) is 4.90 Å². The first-order valence-electron chi connectivity index (χ1n) is 9.86. The van der Waals surface area contributed by atoms with Gasteiger partial charge in [0.25, 0.3) is 0 Å². The highest BCUT2D eigenvalue weighted by atomic mass is 35.5. The molecule has 0 aromatic heterocycles. The third-order valence-corrected chi connectivity index (χ3v) is 5.74. The molecule has 1 saturated heterocycles. The zero-order valence-corrected chi connectivity index (χ0v) is 16.8. The highest BCUT2D eigenvalue weighted by Gasteiger charge is 2.36. The van der Waals surface area contributed by atoms with Crippen LogP contribution in [0.15, 0.2) is 24.3 Å². The predicted octanol–water partition coefficient (Wildman–Crippen LogP) is 2.98. The number of carbonyl (C=O) groups is 2. The number of nitrogens with zero attached hydrogens (tertiary/aromatic N) is 1. The quantitative estimate of drug-likeness (QED) is 0.694. The molecule has 1 unspecified atom stereocenters. The fraction of sp³-hybridized carbons (Fsp3) is 0.600. The zero-order chi connectivity index (χ0) is 19.2. The topological polar surface area (TPSA) is 87.5 Å². The van der Waals surface area contributed by atoms with E-state index in [4.69, 9.17) is 5.73 Å². The van der Waals surface area contributed by atoms with Gasteiger partial charge in [-0.1, -0.05) is 12.5 Å². The standard InChI is InChI=1S/C20H29FN4O2.ClH/c21-16-6-2-7-17(10-16)24-20(27)23-12-14-4-3-9-25(13-14)19(26)18-8-1-5-15(18)11-22;/h2,6-7,10,14-15,18H,1,3-5,8-9,11-13,22H2,(H2,23,24,27);1H/t14?,15-,18-;/m1./s1. The molecule has 28 heavy (non-hydrogen) atoms. The molecule has 3 amide bonds. The van der Waals surface area contributed by atoms with E-state index in [9.17, 15) is 14.0 Å². The van der Waals surface area contributed by atoms with Crippen molar-refractivity contribution in [2.75, 3.05) is 31.5 Å². The summed E-state index contributed by atoms with van der Waals surface area (Å²) < 4.78 is 13.2. The van der Waals surface area contributed by atoms with Crippen molar-refractivity contribution in [1.82, 2.24) is 10.2 Å². The van der Waals surface area contributed by atoms with Crippen LogP contribution in [-0.2, 0) is 4.79 Å². The van der Waals surface area contributed by atoms with Crippen LogP contribution >= 0.6 is 12.4 Å². The number of carbonyl (C=O) groups excluding carboxylic acids is 2. The van der Waals surface area contributed by atoms with Crippen molar-refractivity contribution in [2.24, 2.45) is 23.5 Å². The highest BCUT2D eigenvalue weighted by Crippen LogP contribution is 2.33. The Morgan fingerprint density at radius 2 is 2.04 bits per heavy atom. The maximum Gasteiger partial charge on any atom is 0.319 e. The van der Waals surface area contributed by atoms with Crippen molar-refractivity contribution in [3.63, 3.8) is 0 Å². The summed E-state index contributed by atoms with van der Waals surface area (Å²) in [5.41, 5.74) is 6.24. The second kappa shape index (κ2) is 10.6. The van der Waals surface area contributed by atoms with Crippen molar-refractivity contribution in [1.29, 1.82) is 0 Å². The van der Waals surface area contributed by atoms with Crippen molar-refractivity contribution in [3.05, 3.63) is 30.1 Å². The Hall–Kier alpha value is -1.86. The predicted molar refractivity (Wildman–Crippen MR) is 110 cm³/mol. The molecule has 1 aliphatic carbocycles. The van der Waals surface area contributed by atoms with Crippen LogP contribution in [0.1, 0.15) is 32.1 Å². The van der Waals surface area contributed by atoms with Gasteiger partial charge in [-0.3, -0.25) is 4.79 Å². The summed E-state index contributed by atoms with van der Waals surface area (Å²) in [6, 6.07) is 5.43. The van der Waals surface area contributed by atoms with Gasteiger partial charge in [-0.15, -0.1) is 12.4 Å². The summed E-state index contributed by atoms with van der Waals surface area (Å²) >= 11 is 0. The number of urea groups is 1. The van der Waals surface area contributed by atoms with Gasteiger partial charge in [0.2, 0.25) is 5.91 Å². The molecule has 156 valence electrons. The van der Waals surface area contributed by atoms with Crippen LogP contribution in [-0.4, -0.2) is 43.0 Å². The van der Waals surface area contributed by atoms with Crippen LogP contribution in [0.5, 0.6) is 0 Å². The third kappa shape index (κ3) is 5.82. The van der Waals surface area contributed by atoms with Gasteiger partial charge in [0, 0.05) is 31.2 Å². The molecule has 3 rings (SSSR count). The summed E-state index contributed by atoms with van der Waals surface area (Å²) in [5.74, 6) is 0.457. The number of hydrogen-bond donors (Lipinski definition) is 3. The number of rotatable bonds is 5. The van der Waals surface area contributed by atoms with Crippen LogP contribution in [0.25, 0.3) is 0 Å². The number of nitrogens with one attached hydrogen (secondary N) is 2. The lowest BCUT2D eigenvalue weighted by Gasteiger charge is -2.35. The van der Waals surface area contributed by atoms with Crippen LogP contribution in [0.4, 0.5) is 14.9 Å². The van der Waals surface area contributed by atoms with Gasteiger partial charge in [0.1, 0.15) is 5.82 Å². The van der Waals surface area contributed by atoms with E-state index in [0.29, 0.717) is 31.2 Å². The monoisotopic (exact) mass is 412 g/mol. The lowest BCUT2D eigenvalue weighted by molar-refractivity contribution is -0.138. The Morgan fingerprint density at radius 3 is 2.79 bits per heavy atom. The van der Waals surface area contributed by atoms with E-state index >= 15 is 0 Å². The lowest BCUT2D eigenvalue weighted by atomic mass is 9.92. The molecule has 2 fully saturated rings. The van der Waals surface area contributed by atoms with Crippen molar-refractivity contribution >= 4 is 30.0 Å². The van der Waals surface area contributed by atoms with Gasteiger partial charge >= 0.3 is 6.03 Å². The zero-order valence-electron chi connectivity index (χ0n) is 16.0. The summed E-state index contributed by atoms with van der Waals surface area (Å²) in [5, 5.41) is 5.47. The van der Waals surface area contributed by atoms with E-state index < -0.39 is 5.82 Å². The maximum atomic E-state index is 13.2. The molecule has 4 N–H and O–H groups in total. The Bertz CT molecular complexity index is 675. The van der Waals surface area contributed by atoms with Crippen molar-refractivity contribution in [3.8, 4) is 0 Å². The molecular formula is C20H30ClFN4O2. The van der Waals surface area contributed by atoms with Gasteiger partial charge in [-0.25, -0.2) is 9.18 Å². The summed E-state index contributed by atoms with van der Waals surface area (Å²) in [6.07, 6.45) is 5.00. The smallest absolute Gasteiger partial charge is 0.319 e. The van der Waals surface area contributed by atoms with Crippen molar-refractivity contribution in [2.45, 2.75) is 32.1 Å². The molecule has 6 nitrogen and oxygen atoms in total. The number of nitrogens with two attached hydrogens (primary N) is 1. The number of likely N-dealkylation sites (tertiary alicyclic amines) is 1. The number of amides is 3. The summed E-state index contributed by atoms with van der Waals surface area (Å²) in [6.45, 7) is 2.54. The largest absolute Gasteiger partial charge is 0.342 e. The van der Waals surface area contributed by atoms with Gasteiger partial charge in [0.15, 0.2) is 0 Å². The Kier molecular flexibility index (Phi) is 8.51. The number of anilines is 1. The minimum Gasteiger partial charge on any atom is -0.342 e. The average molecular weight is 413 g/mol. The number of halogens is 2. The molecule has 8 heteroatoms. The van der Waals surface area contributed by atoms with Gasteiger partial charge < -0.3 is 21.3 Å². The van der Waals surface area contributed by atoms with Gasteiger partial charge in [0.05, 0.1) is 0 Å². The second-order valence-electron chi connectivity index (χ2n) is 7.67. The second-order valence-corrected chi connectivity index (χ2v) is 7.67. The first-order valence-corrected chi connectivity index (χ1v) is 9.86. The fourth-order valence-electron chi connectivity index (χ4n) is 4.29. The molecule has 0 spiro atoms.